The Morgan fingerprint density at radius 1 is 1.25 bits per heavy atom. The average molecular weight is 284 g/mol. The maximum Gasteiger partial charge on any atom is 0.236 e. The third-order valence-electron chi connectivity index (χ3n) is 2.59. The van der Waals surface area contributed by atoms with Crippen LogP contribution in [0.2, 0.25) is 0 Å². The van der Waals surface area contributed by atoms with Crippen molar-refractivity contribution in [1.82, 2.24) is 4.31 Å². The van der Waals surface area contributed by atoms with E-state index in [0.717, 1.165) is 13.0 Å². The molecule has 0 unspecified atom stereocenters. The zero-order valence-corrected chi connectivity index (χ0v) is 12.0. The van der Waals surface area contributed by atoms with E-state index in [1.807, 2.05) is 0 Å². The Hall–Kier alpha value is 0.400. The SMILES string of the molecule is CCCCCCCCN1SC(Cl)(Cl)CC1=O. The van der Waals surface area contributed by atoms with E-state index in [9.17, 15) is 4.79 Å². The summed E-state index contributed by atoms with van der Waals surface area (Å²) in [5, 5.41) is 0. The number of alkyl halides is 2. The molecule has 0 aromatic carbocycles. The van der Waals surface area contributed by atoms with Gasteiger partial charge in [-0.1, -0.05) is 62.2 Å². The Morgan fingerprint density at radius 2 is 1.88 bits per heavy atom. The predicted molar refractivity (Wildman–Crippen MR) is 71.7 cm³/mol. The summed E-state index contributed by atoms with van der Waals surface area (Å²) in [5.41, 5.74) is 0. The van der Waals surface area contributed by atoms with Crippen LogP contribution in [0.1, 0.15) is 51.9 Å². The summed E-state index contributed by atoms with van der Waals surface area (Å²) in [7, 11) is 0. The number of carbonyl (C=O) groups is 1. The van der Waals surface area contributed by atoms with Crippen LogP contribution in [-0.2, 0) is 4.79 Å². The highest BCUT2D eigenvalue weighted by atomic mass is 35.5. The summed E-state index contributed by atoms with van der Waals surface area (Å²) < 4.78 is 0.777. The second-order valence-electron chi connectivity index (χ2n) is 4.17. The third kappa shape index (κ3) is 5.15. The van der Waals surface area contributed by atoms with E-state index < -0.39 is 3.67 Å². The molecule has 1 heterocycles. The highest BCUT2D eigenvalue weighted by molar-refractivity contribution is 8.02. The molecule has 0 radical (unpaired) electrons. The quantitative estimate of drug-likeness (QED) is 0.393. The van der Waals surface area contributed by atoms with Gasteiger partial charge in [0.2, 0.25) is 5.91 Å². The second kappa shape index (κ2) is 6.97. The van der Waals surface area contributed by atoms with Crippen molar-refractivity contribution in [2.75, 3.05) is 6.54 Å². The van der Waals surface area contributed by atoms with Crippen molar-refractivity contribution in [2.45, 2.75) is 55.5 Å². The smallest absolute Gasteiger partial charge is 0.236 e. The van der Waals surface area contributed by atoms with Crippen LogP contribution in [0.5, 0.6) is 0 Å². The first kappa shape index (κ1) is 14.5. The first-order valence-corrected chi connectivity index (χ1v) is 7.45. The van der Waals surface area contributed by atoms with E-state index in [4.69, 9.17) is 23.2 Å². The minimum Gasteiger partial charge on any atom is -0.284 e. The molecule has 0 bridgehead atoms. The van der Waals surface area contributed by atoms with Crippen LogP contribution in [0.25, 0.3) is 0 Å². The van der Waals surface area contributed by atoms with Gasteiger partial charge in [-0.15, -0.1) is 0 Å². The first-order chi connectivity index (χ1) is 7.55. The molecule has 0 atom stereocenters. The predicted octanol–water partition coefficient (Wildman–Crippen LogP) is 4.36. The molecule has 1 aliphatic rings. The van der Waals surface area contributed by atoms with Crippen molar-refractivity contribution in [1.29, 1.82) is 0 Å². The summed E-state index contributed by atoms with van der Waals surface area (Å²) >= 11 is 13.1. The van der Waals surface area contributed by atoms with E-state index in [1.54, 1.807) is 4.31 Å². The van der Waals surface area contributed by atoms with Crippen molar-refractivity contribution >= 4 is 41.1 Å². The van der Waals surface area contributed by atoms with Gasteiger partial charge in [0.05, 0.1) is 6.42 Å². The molecule has 0 aromatic rings. The standard InChI is InChI=1S/C11H19Cl2NOS/c1-2-3-4-5-6-7-8-14-10(15)9-11(12,13)16-14/h2-9H2,1H3. The lowest BCUT2D eigenvalue weighted by molar-refractivity contribution is -0.125. The van der Waals surface area contributed by atoms with Crippen molar-refractivity contribution in [3.8, 4) is 0 Å². The number of halogens is 2. The molecule has 0 saturated carbocycles. The van der Waals surface area contributed by atoms with Crippen LogP contribution < -0.4 is 0 Å². The van der Waals surface area contributed by atoms with Gasteiger partial charge in [-0.3, -0.25) is 9.10 Å². The van der Waals surface area contributed by atoms with Gasteiger partial charge in [0.15, 0.2) is 3.67 Å². The maximum absolute atomic E-state index is 11.5. The molecule has 0 spiro atoms. The lowest BCUT2D eigenvalue weighted by Gasteiger charge is -2.15. The van der Waals surface area contributed by atoms with Gasteiger partial charge in [0.1, 0.15) is 0 Å². The molecule has 1 saturated heterocycles. The first-order valence-electron chi connectivity index (χ1n) is 5.92. The zero-order valence-electron chi connectivity index (χ0n) is 9.68. The average Bonchev–Trinajstić information content (AvgIpc) is 2.45. The van der Waals surface area contributed by atoms with Crippen LogP contribution in [-0.4, -0.2) is 20.4 Å². The summed E-state index contributed by atoms with van der Waals surface area (Å²) in [6.45, 7) is 2.98. The molecule has 1 fully saturated rings. The molecule has 16 heavy (non-hydrogen) atoms. The lowest BCUT2D eigenvalue weighted by Crippen LogP contribution is -2.19. The fourth-order valence-corrected chi connectivity index (χ4v) is 3.34. The van der Waals surface area contributed by atoms with E-state index in [0.29, 0.717) is 0 Å². The number of amides is 1. The number of carbonyl (C=O) groups excluding carboxylic acids is 1. The summed E-state index contributed by atoms with van der Waals surface area (Å²) in [5.74, 6) is 0.0589. The van der Waals surface area contributed by atoms with E-state index in [1.165, 1.54) is 44.1 Å². The van der Waals surface area contributed by atoms with Crippen molar-refractivity contribution < 1.29 is 4.79 Å². The van der Waals surface area contributed by atoms with Crippen LogP contribution in [0.3, 0.4) is 0 Å². The van der Waals surface area contributed by atoms with Crippen LogP contribution >= 0.6 is 35.1 Å². The van der Waals surface area contributed by atoms with E-state index in [-0.39, 0.29) is 12.3 Å². The van der Waals surface area contributed by atoms with E-state index in [2.05, 4.69) is 6.92 Å². The molecule has 0 N–H and O–H groups in total. The summed E-state index contributed by atoms with van der Waals surface area (Å²) in [6.07, 6.45) is 7.59. The highest BCUT2D eigenvalue weighted by Gasteiger charge is 2.41. The number of unbranched alkanes of at least 4 members (excludes halogenated alkanes) is 5. The molecule has 1 aliphatic heterocycles. The fraction of sp³-hybridized carbons (Fsp3) is 0.909. The number of hydrogen-bond donors (Lipinski definition) is 0. The third-order valence-corrected chi connectivity index (χ3v) is 4.29. The van der Waals surface area contributed by atoms with Gasteiger partial charge < -0.3 is 0 Å². The molecule has 0 aliphatic carbocycles. The maximum atomic E-state index is 11.5. The summed E-state index contributed by atoms with van der Waals surface area (Å²) in [6, 6.07) is 0. The van der Waals surface area contributed by atoms with Gasteiger partial charge in [-0.2, -0.15) is 0 Å². The van der Waals surface area contributed by atoms with Gasteiger partial charge in [0.25, 0.3) is 0 Å². The molecular weight excluding hydrogens is 265 g/mol. The topological polar surface area (TPSA) is 20.3 Å². The number of rotatable bonds is 7. The molecule has 1 amide bonds. The minimum atomic E-state index is -0.931. The van der Waals surface area contributed by atoms with Crippen molar-refractivity contribution in [3.63, 3.8) is 0 Å². The Balaban J connectivity index is 2.07. The van der Waals surface area contributed by atoms with Gasteiger partial charge >= 0.3 is 0 Å². The van der Waals surface area contributed by atoms with Crippen molar-refractivity contribution in [3.05, 3.63) is 0 Å². The van der Waals surface area contributed by atoms with Crippen LogP contribution in [0.15, 0.2) is 0 Å². The Kier molecular flexibility index (Phi) is 6.30. The largest absolute Gasteiger partial charge is 0.284 e. The molecular formula is C11H19Cl2NOS. The number of nitrogens with zero attached hydrogens (tertiary/aromatic N) is 1. The van der Waals surface area contributed by atoms with Crippen LogP contribution in [0, 0.1) is 0 Å². The zero-order chi connectivity index (χ0) is 12.0. The highest BCUT2D eigenvalue weighted by Crippen LogP contribution is 2.46. The van der Waals surface area contributed by atoms with Gasteiger partial charge in [-0.25, -0.2) is 0 Å². The molecule has 2 nitrogen and oxygen atoms in total. The lowest BCUT2D eigenvalue weighted by atomic mass is 10.1. The van der Waals surface area contributed by atoms with Gasteiger partial charge in [-0.05, 0) is 18.4 Å². The van der Waals surface area contributed by atoms with Gasteiger partial charge in [0, 0.05) is 6.54 Å². The van der Waals surface area contributed by atoms with Crippen LogP contribution in [0.4, 0.5) is 0 Å². The Labute approximate surface area is 112 Å². The Morgan fingerprint density at radius 3 is 2.44 bits per heavy atom. The fourth-order valence-electron chi connectivity index (χ4n) is 1.71. The van der Waals surface area contributed by atoms with E-state index >= 15 is 0 Å². The monoisotopic (exact) mass is 283 g/mol. The van der Waals surface area contributed by atoms with Crippen molar-refractivity contribution in [2.24, 2.45) is 0 Å². The molecule has 0 aromatic heterocycles. The molecule has 94 valence electrons. The second-order valence-corrected chi connectivity index (χ2v) is 7.42. The molecule has 1 rings (SSSR count). The number of hydrogen-bond acceptors (Lipinski definition) is 2. The minimum absolute atomic E-state index is 0.0589. The molecule has 5 heteroatoms. The summed E-state index contributed by atoms with van der Waals surface area (Å²) in [4.78, 5) is 11.5. The normalized spacial score (nSPS) is 19.4. The Bertz CT molecular complexity index is 236.